The third kappa shape index (κ3) is 6.82. The summed E-state index contributed by atoms with van der Waals surface area (Å²) in [6, 6.07) is 10.3. The molecule has 1 aromatic rings. The van der Waals surface area contributed by atoms with E-state index in [1.807, 2.05) is 32.0 Å². The summed E-state index contributed by atoms with van der Waals surface area (Å²) in [5.74, 6) is -0.189. The van der Waals surface area contributed by atoms with Gasteiger partial charge in [0.15, 0.2) is 0 Å². The molecule has 0 unspecified atom stereocenters. The fourth-order valence-corrected chi connectivity index (χ4v) is 1.75. The predicted octanol–water partition coefficient (Wildman–Crippen LogP) is 2.05. The van der Waals surface area contributed by atoms with Gasteiger partial charge in [-0.15, -0.1) is 0 Å². The zero-order chi connectivity index (χ0) is 14.1. The van der Waals surface area contributed by atoms with Gasteiger partial charge in [0.1, 0.15) is 0 Å². The van der Waals surface area contributed by atoms with Crippen LogP contribution in [0.5, 0.6) is 0 Å². The van der Waals surface area contributed by atoms with Crippen LogP contribution < -0.4 is 10.2 Å². The number of hydrogen-bond donors (Lipinski definition) is 1. The Balaban J connectivity index is 2.09. The molecule has 0 aromatic heterocycles. The second kappa shape index (κ2) is 8.53. The predicted molar refractivity (Wildman–Crippen MR) is 78.4 cm³/mol. The molecule has 0 aliphatic rings. The van der Waals surface area contributed by atoms with Crippen molar-refractivity contribution < 1.29 is 9.53 Å². The Hall–Kier alpha value is -1.55. The van der Waals surface area contributed by atoms with Gasteiger partial charge in [0, 0.05) is 19.3 Å². The molecular weight excluding hydrogens is 240 g/mol. The molecule has 0 saturated heterocycles. The Bertz CT molecular complexity index is 366. The number of carbonyl (C=O) groups is 1. The number of hydrogen-bond acceptors (Lipinski definition) is 4. The van der Waals surface area contributed by atoms with Gasteiger partial charge in [0.2, 0.25) is 0 Å². The highest BCUT2D eigenvalue weighted by Crippen LogP contribution is 2.10. The van der Waals surface area contributed by atoms with Gasteiger partial charge in [-0.3, -0.25) is 4.79 Å². The van der Waals surface area contributed by atoms with Crippen LogP contribution in [0.3, 0.4) is 0 Å². The summed E-state index contributed by atoms with van der Waals surface area (Å²) in [7, 11) is 2.07. The van der Waals surface area contributed by atoms with Crippen molar-refractivity contribution in [3.63, 3.8) is 0 Å². The lowest BCUT2D eigenvalue weighted by Gasteiger charge is -2.19. The number of esters is 1. The van der Waals surface area contributed by atoms with E-state index in [-0.39, 0.29) is 18.6 Å². The number of para-hydroxylation sites is 1. The lowest BCUT2D eigenvalue weighted by atomic mass is 10.3. The molecule has 0 bridgehead atoms. The van der Waals surface area contributed by atoms with Gasteiger partial charge in [-0.2, -0.15) is 0 Å². The van der Waals surface area contributed by atoms with Crippen molar-refractivity contribution in [1.29, 1.82) is 0 Å². The van der Waals surface area contributed by atoms with Crippen LogP contribution in [-0.4, -0.2) is 38.8 Å². The van der Waals surface area contributed by atoms with Crippen LogP contribution in [0.1, 0.15) is 20.3 Å². The van der Waals surface area contributed by atoms with Crippen molar-refractivity contribution in [2.45, 2.75) is 26.4 Å². The van der Waals surface area contributed by atoms with Crippen molar-refractivity contribution in [3.05, 3.63) is 30.3 Å². The number of anilines is 1. The average molecular weight is 264 g/mol. The molecule has 1 N–H and O–H groups in total. The molecule has 0 heterocycles. The lowest BCUT2D eigenvalue weighted by molar-refractivity contribution is -0.146. The molecule has 19 heavy (non-hydrogen) atoms. The van der Waals surface area contributed by atoms with Crippen molar-refractivity contribution in [2.24, 2.45) is 0 Å². The standard InChI is InChI=1S/C15H24N2O2/c1-13(2)19-15(18)12-16-10-7-11-17(3)14-8-5-4-6-9-14/h4-6,8-9,13,16H,7,10-12H2,1-3H3. The maximum absolute atomic E-state index is 11.3. The fourth-order valence-electron chi connectivity index (χ4n) is 1.75. The second-order valence-electron chi connectivity index (χ2n) is 4.83. The number of nitrogens with one attached hydrogen (secondary N) is 1. The first-order chi connectivity index (χ1) is 9.09. The molecule has 0 radical (unpaired) electrons. The molecule has 0 saturated carbocycles. The summed E-state index contributed by atoms with van der Waals surface area (Å²) < 4.78 is 5.04. The van der Waals surface area contributed by atoms with Gasteiger partial charge in [-0.25, -0.2) is 0 Å². The molecule has 0 fully saturated rings. The van der Waals surface area contributed by atoms with Crippen LogP contribution in [0.2, 0.25) is 0 Å². The Labute approximate surface area is 115 Å². The Morgan fingerprint density at radius 2 is 2.00 bits per heavy atom. The van der Waals surface area contributed by atoms with Crippen molar-refractivity contribution in [2.75, 3.05) is 31.6 Å². The van der Waals surface area contributed by atoms with Gasteiger partial charge < -0.3 is 15.0 Å². The first kappa shape index (κ1) is 15.5. The number of rotatable bonds is 8. The number of nitrogens with zero attached hydrogens (tertiary/aromatic N) is 1. The molecule has 4 heteroatoms. The van der Waals surface area contributed by atoms with Gasteiger partial charge >= 0.3 is 5.97 Å². The smallest absolute Gasteiger partial charge is 0.320 e. The Kier molecular flexibility index (Phi) is 6.97. The van der Waals surface area contributed by atoms with E-state index in [1.54, 1.807) is 0 Å². The summed E-state index contributed by atoms with van der Waals surface area (Å²) >= 11 is 0. The molecule has 4 nitrogen and oxygen atoms in total. The largest absolute Gasteiger partial charge is 0.462 e. The topological polar surface area (TPSA) is 41.6 Å². The zero-order valence-electron chi connectivity index (χ0n) is 12.1. The monoisotopic (exact) mass is 264 g/mol. The molecular formula is C15H24N2O2. The van der Waals surface area contributed by atoms with Crippen molar-refractivity contribution in [3.8, 4) is 0 Å². The Morgan fingerprint density at radius 3 is 2.63 bits per heavy atom. The number of carbonyl (C=O) groups excluding carboxylic acids is 1. The molecule has 1 aromatic carbocycles. The highest BCUT2D eigenvalue weighted by atomic mass is 16.5. The summed E-state index contributed by atoms with van der Waals surface area (Å²) in [4.78, 5) is 13.5. The van der Waals surface area contributed by atoms with E-state index in [1.165, 1.54) is 5.69 Å². The zero-order valence-corrected chi connectivity index (χ0v) is 12.1. The van der Waals surface area contributed by atoms with Crippen LogP contribution in [0.25, 0.3) is 0 Å². The van der Waals surface area contributed by atoms with E-state index >= 15 is 0 Å². The van der Waals surface area contributed by atoms with Crippen LogP contribution in [0, 0.1) is 0 Å². The summed E-state index contributed by atoms with van der Waals surface area (Å²) in [6.45, 7) is 5.76. The van der Waals surface area contributed by atoms with Gasteiger partial charge in [-0.1, -0.05) is 18.2 Å². The number of ether oxygens (including phenoxy) is 1. The minimum atomic E-state index is -0.189. The molecule has 0 aliphatic heterocycles. The first-order valence-corrected chi connectivity index (χ1v) is 6.76. The summed E-state index contributed by atoms with van der Waals surface area (Å²) in [5.41, 5.74) is 1.21. The Morgan fingerprint density at radius 1 is 1.32 bits per heavy atom. The maximum Gasteiger partial charge on any atom is 0.320 e. The third-order valence-corrected chi connectivity index (χ3v) is 2.68. The minimum absolute atomic E-state index is 0.0430. The van der Waals surface area contributed by atoms with Crippen LogP contribution >= 0.6 is 0 Å². The molecule has 0 amide bonds. The van der Waals surface area contributed by atoms with E-state index < -0.39 is 0 Å². The van der Waals surface area contributed by atoms with E-state index in [9.17, 15) is 4.79 Å². The quantitative estimate of drug-likeness (QED) is 0.576. The minimum Gasteiger partial charge on any atom is -0.462 e. The van der Waals surface area contributed by atoms with Crippen LogP contribution in [0.4, 0.5) is 5.69 Å². The molecule has 0 spiro atoms. The molecule has 1 rings (SSSR count). The average Bonchev–Trinajstić information content (AvgIpc) is 2.38. The van der Waals surface area contributed by atoms with Crippen LogP contribution in [-0.2, 0) is 9.53 Å². The summed E-state index contributed by atoms with van der Waals surface area (Å²) in [5, 5.41) is 3.10. The van der Waals surface area contributed by atoms with Gasteiger partial charge in [-0.05, 0) is 38.9 Å². The van der Waals surface area contributed by atoms with E-state index in [0.29, 0.717) is 0 Å². The molecule has 106 valence electrons. The fraction of sp³-hybridized carbons (Fsp3) is 0.533. The van der Waals surface area contributed by atoms with E-state index in [4.69, 9.17) is 4.74 Å². The molecule has 0 aliphatic carbocycles. The van der Waals surface area contributed by atoms with E-state index in [2.05, 4.69) is 29.4 Å². The third-order valence-electron chi connectivity index (χ3n) is 2.68. The highest BCUT2D eigenvalue weighted by Gasteiger charge is 2.04. The van der Waals surface area contributed by atoms with Crippen LogP contribution in [0.15, 0.2) is 30.3 Å². The second-order valence-corrected chi connectivity index (χ2v) is 4.83. The van der Waals surface area contributed by atoms with Gasteiger partial charge in [0.05, 0.1) is 12.6 Å². The summed E-state index contributed by atoms with van der Waals surface area (Å²) in [6.07, 6.45) is 0.943. The highest BCUT2D eigenvalue weighted by molar-refractivity contribution is 5.71. The SMILES string of the molecule is CC(C)OC(=O)CNCCCN(C)c1ccccc1. The van der Waals surface area contributed by atoms with Crippen molar-refractivity contribution >= 4 is 11.7 Å². The first-order valence-electron chi connectivity index (χ1n) is 6.76. The maximum atomic E-state index is 11.3. The number of benzene rings is 1. The van der Waals surface area contributed by atoms with Crippen molar-refractivity contribution in [1.82, 2.24) is 5.32 Å². The lowest BCUT2D eigenvalue weighted by Crippen LogP contribution is -2.29. The normalized spacial score (nSPS) is 10.5. The van der Waals surface area contributed by atoms with E-state index in [0.717, 1.165) is 19.5 Å². The molecule has 0 atom stereocenters. The van der Waals surface area contributed by atoms with Gasteiger partial charge in [0.25, 0.3) is 0 Å².